The molecule has 14 nitrogen and oxygen atoms in total. The molecule has 0 fully saturated rings. The van der Waals surface area contributed by atoms with Gasteiger partial charge in [-0.2, -0.15) is 5.10 Å². The van der Waals surface area contributed by atoms with Crippen molar-refractivity contribution in [1.29, 1.82) is 0 Å². The Bertz CT molecular complexity index is 1840. The lowest BCUT2D eigenvalue weighted by Gasteiger charge is -2.17. The summed E-state index contributed by atoms with van der Waals surface area (Å²) < 4.78 is 36.1. The van der Waals surface area contributed by atoms with E-state index in [4.69, 9.17) is 16.2 Å². The maximum absolute atomic E-state index is 13.9. The van der Waals surface area contributed by atoms with E-state index in [1.165, 1.54) is 6.07 Å². The number of carboxylic acids is 1. The van der Waals surface area contributed by atoms with Crippen LogP contribution in [0.1, 0.15) is 40.6 Å². The fourth-order valence-corrected chi connectivity index (χ4v) is 7.15. The summed E-state index contributed by atoms with van der Waals surface area (Å²) in [5.74, 6) is -1.82. The van der Waals surface area contributed by atoms with Gasteiger partial charge in [-0.15, -0.1) is 11.3 Å². The van der Waals surface area contributed by atoms with Crippen molar-refractivity contribution in [3.63, 3.8) is 0 Å². The van der Waals surface area contributed by atoms with Crippen molar-refractivity contribution in [2.24, 2.45) is 16.5 Å². The normalized spacial score (nSPS) is 13.0. The number of fused-ring (bicyclic) bond motifs is 1. The number of carbonyl (C=O) groups excluding carboxylic acids is 1. The number of guanidine groups is 1. The minimum absolute atomic E-state index is 0. The van der Waals surface area contributed by atoms with Crippen LogP contribution in [0, 0.1) is 0 Å². The maximum Gasteiger partial charge on any atom is 0.326 e. The molecule has 1 aliphatic rings. The number of aromatic nitrogens is 2. The van der Waals surface area contributed by atoms with Crippen molar-refractivity contribution in [2.45, 2.75) is 43.3 Å². The topological polar surface area (TPSA) is 227 Å². The minimum Gasteiger partial charge on any atom is -0.492 e. The van der Waals surface area contributed by atoms with Gasteiger partial charge in [0.15, 0.2) is 5.96 Å². The van der Waals surface area contributed by atoms with Gasteiger partial charge in [-0.25, -0.2) is 13.2 Å². The molecule has 0 saturated carbocycles. The van der Waals surface area contributed by atoms with Crippen molar-refractivity contribution in [3.05, 3.63) is 81.8 Å². The van der Waals surface area contributed by atoms with Crippen molar-refractivity contribution in [3.8, 4) is 16.9 Å². The van der Waals surface area contributed by atoms with E-state index in [-0.39, 0.29) is 41.6 Å². The highest BCUT2D eigenvalue weighted by atomic mass is 32.2. The number of benzene rings is 2. The second kappa shape index (κ2) is 14.4. The summed E-state index contributed by atoms with van der Waals surface area (Å²) in [6.45, 7) is 1.67. The predicted octanol–water partition coefficient (Wildman–Crippen LogP) is 2.65. The maximum atomic E-state index is 13.9. The Morgan fingerprint density at radius 3 is 2.78 bits per heavy atom. The van der Waals surface area contributed by atoms with Gasteiger partial charge >= 0.3 is 5.97 Å². The zero-order valence-corrected chi connectivity index (χ0v) is 26.3. The second-order valence-electron chi connectivity index (χ2n) is 10.5. The summed E-state index contributed by atoms with van der Waals surface area (Å²) in [6.07, 6.45) is 4.48. The molecule has 5 rings (SSSR count). The number of hydrogen-bond acceptors (Lipinski definition) is 9. The molecule has 0 unspecified atom stereocenters. The number of carboxylic acid groups (broad SMARTS) is 1. The number of H-pyrrole nitrogens is 1. The van der Waals surface area contributed by atoms with Gasteiger partial charge < -0.3 is 31.9 Å². The van der Waals surface area contributed by atoms with Crippen LogP contribution in [0.2, 0.25) is 0 Å². The van der Waals surface area contributed by atoms with Gasteiger partial charge in [-0.05, 0) is 58.7 Å². The largest absolute Gasteiger partial charge is 0.492 e. The molecule has 1 amide bonds. The lowest BCUT2D eigenvalue weighted by atomic mass is 9.97. The average molecular weight is 669 g/mol. The first-order valence-electron chi connectivity index (χ1n) is 14.4. The van der Waals surface area contributed by atoms with Crippen LogP contribution in [0.4, 0.5) is 5.69 Å². The third-order valence-corrected chi connectivity index (χ3v) is 9.52. The Kier molecular flexibility index (Phi) is 10.2. The number of nitrogens with one attached hydrogen (secondary N) is 4. The van der Waals surface area contributed by atoms with Crippen LogP contribution < -0.4 is 31.6 Å². The highest BCUT2D eigenvalue weighted by molar-refractivity contribution is 7.92. The zero-order valence-electron chi connectivity index (χ0n) is 24.7. The number of anilines is 1. The summed E-state index contributed by atoms with van der Waals surface area (Å²) in [6, 6.07) is 11.5. The van der Waals surface area contributed by atoms with Crippen molar-refractivity contribution in [2.75, 3.05) is 17.9 Å². The van der Waals surface area contributed by atoms with Crippen LogP contribution >= 0.6 is 11.3 Å². The van der Waals surface area contributed by atoms with Crippen molar-refractivity contribution >= 4 is 44.9 Å². The van der Waals surface area contributed by atoms with Gasteiger partial charge in [0, 0.05) is 39.2 Å². The average Bonchev–Trinajstić information content (AvgIpc) is 3.80. The molecule has 0 bridgehead atoms. The van der Waals surface area contributed by atoms with Gasteiger partial charge in [0.2, 0.25) is 0 Å². The number of aromatic amines is 1. The highest BCUT2D eigenvalue weighted by Crippen LogP contribution is 2.39. The first-order valence-corrected chi connectivity index (χ1v) is 16.7. The first-order chi connectivity index (χ1) is 22.1. The van der Waals surface area contributed by atoms with E-state index in [0.29, 0.717) is 38.1 Å². The Morgan fingerprint density at radius 2 is 2.02 bits per heavy atom. The lowest BCUT2D eigenvalue weighted by Crippen LogP contribution is -2.40. The number of rotatable bonds is 15. The number of thiophene rings is 1. The molecule has 46 heavy (non-hydrogen) atoms. The molecule has 1 atom stereocenters. The molecule has 0 spiro atoms. The zero-order chi connectivity index (χ0) is 32.7. The van der Waals surface area contributed by atoms with E-state index < -0.39 is 27.9 Å². The first kappa shape index (κ1) is 32.5. The van der Waals surface area contributed by atoms with Crippen LogP contribution in [-0.2, 0) is 34.3 Å². The molecule has 0 saturated heterocycles. The lowest BCUT2D eigenvalue weighted by molar-refractivity contribution is -0.139. The van der Waals surface area contributed by atoms with Crippen LogP contribution in [0.3, 0.4) is 0 Å². The summed E-state index contributed by atoms with van der Waals surface area (Å²) in [4.78, 5) is 28.7. The van der Waals surface area contributed by atoms with E-state index in [0.717, 1.165) is 33.6 Å². The number of carbonyl (C=O) groups is 2. The molecule has 3 heterocycles. The van der Waals surface area contributed by atoms with E-state index in [1.54, 1.807) is 17.6 Å². The number of aliphatic imine (C=N–C) groups is 1. The molecular formula is C30H36N8O6S2. The van der Waals surface area contributed by atoms with Gasteiger partial charge in [0.1, 0.15) is 21.6 Å². The van der Waals surface area contributed by atoms with Gasteiger partial charge in [0.05, 0.1) is 18.5 Å². The number of nitrogens with zero attached hydrogens (tertiary/aromatic N) is 2. The number of aliphatic carboxylic acids is 1. The van der Waals surface area contributed by atoms with Crippen LogP contribution in [0.15, 0.2) is 70.1 Å². The quantitative estimate of drug-likeness (QED) is 0.0557. The fourth-order valence-electron chi connectivity index (χ4n) is 5.05. The molecule has 4 aromatic rings. The molecule has 9 N–H and O–H groups in total. The molecule has 0 radical (unpaired) electrons. The minimum atomic E-state index is -4.25. The number of amides is 1. The summed E-state index contributed by atoms with van der Waals surface area (Å²) in [7, 11) is -4.25. The molecular weight excluding hydrogens is 633 g/mol. The van der Waals surface area contributed by atoms with E-state index in [1.807, 2.05) is 36.5 Å². The molecule has 244 valence electrons. The second-order valence-corrected chi connectivity index (χ2v) is 13.1. The third kappa shape index (κ3) is 7.82. The van der Waals surface area contributed by atoms with Crippen molar-refractivity contribution in [1.82, 2.24) is 20.8 Å². The Labute approximate surface area is 270 Å². The van der Waals surface area contributed by atoms with Crippen LogP contribution in [-0.4, -0.2) is 60.8 Å². The molecule has 0 aliphatic carbocycles. The molecule has 2 aromatic heterocycles. The Hall–Kier alpha value is -4.93. The van der Waals surface area contributed by atoms with Crippen LogP contribution in [0.5, 0.6) is 5.75 Å². The summed E-state index contributed by atoms with van der Waals surface area (Å²) in [5, 5.41) is 23.8. The number of hydrogen-bond donors (Lipinski definition) is 7. The van der Waals surface area contributed by atoms with Gasteiger partial charge in [-0.1, -0.05) is 24.3 Å². The SMILES string of the molecule is NC(N)=NCCC[C@H](NC(=O)c1sccc1NS(=O)(=O)c1cc(-c2ccccc2CNCc2cn[nH]c2)cc2c1OCC2)C(=O)O.[HH]. The summed E-state index contributed by atoms with van der Waals surface area (Å²) in [5.41, 5.74) is 14.9. The molecule has 2 aromatic carbocycles. The van der Waals surface area contributed by atoms with Gasteiger partial charge in [0.25, 0.3) is 15.9 Å². The standard InChI is InChI=1S/C30H34N8O6S2.H2/c31-30(32)34-9-3-6-24(29(40)41)37-28(39)27-23(8-11-45-27)38-46(42,43)25-13-21(12-19-7-10-44-26(19)25)22-5-2-1-4-20(22)17-33-14-18-15-35-36-16-18;/h1-2,4-5,8,11-13,15-16,24,33,38H,3,6-7,9-10,14,17H2,(H,35,36)(H,37,39)(H,40,41)(H4,31,32,34);1H/t24-;/m0./s1. The Morgan fingerprint density at radius 1 is 1.20 bits per heavy atom. The van der Waals surface area contributed by atoms with E-state index in [2.05, 4.69) is 30.5 Å². The molecule has 1 aliphatic heterocycles. The number of sulfonamides is 1. The Balaban J connectivity index is 0.00000500. The van der Waals surface area contributed by atoms with Crippen molar-refractivity contribution < 1.29 is 29.3 Å². The number of ether oxygens (including phenoxy) is 1. The van der Waals surface area contributed by atoms with Crippen LogP contribution in [0.25, 0.3) is 11.1 Å². The fraction of sp³-hybridized carbons (Fsp3) is 0.267. The third-order valence-electron chi connectivity index (χ3n) is 7.23. The predicted molar refractivity (Wildman–Crippen MR) is 176 cm³/mol. The van der Waals surface area contributed by atoms with Gasteiger partial charge in [-0.3, -0.25) is 19.6 Å². The molecule has 16 heteroatoms. The number of nitrogens with two attached hydrogens (primary N) is 2. The monoisotopic (exact) mass is 668 g/mol. The van der Waals surface area contributed by atoms with E-state index >= 15 is 0 Å². The highest BCUT2D eigenvalue weighted by Gasteiger charge is 2.30. The van der Waals surface area contributed by atoms with E-state index in [9.17, 15) is 23.1 Å². The smallest absolute Gasteiger partial charge is 0.326 e. The summed E-state index contributed by atoms with van der Waals surface area (Å²) >= 11 is 0.983.